The quantitative estimate of drug-likeness (QED) is 0.476. The molecule has 1 aliphatic rings. The van der Waals surface area contributed by atoms with Gasteiger partial charge in [0.2, 0.25) is 21.7 Å². The monoisotopic (exact) mass is 489 g/mol. The summed E-state index contributed by atoms with van der Waals surface area (Å²) < 4.78 is 85.2. The molecular weight excluding hydrogens is 474 g/mol. The fourth-order valence-corrected chi connectivity index (χ4v) is 5.55. The zero-order valence-electron chi connectivity index (χ0n) is 16.3. The van der Waals surface area contributed by atoms with Crippen molar-refractivity contribution in [1.82, 2.24) is 14.4 Å². The summed E-state index contributed by atoms with van der Waals surface area (Å²) in [5.41, 5.74) is -0.707. The first-order valence-electron chi connectivity index (χ1n) is 9.52. The molecule has 0 amide bonds. The highest BCUT2D eigenvalue weighted by molar-refractivity contribution is 7.89. The lowest BCUT2D eigenvalue weighted by Gasteiger charge is -2.30. The van der Waals surface area contributed by atoms with E-state index in [9.17, 15) is 26.0 Å². The highest BCUT2D eigenvalue weighted by atomic mass is 35.5. The van der Waals surface area contributed by atoms with Crippen LogP contribution in [0.15, 0.2) is 51.9 Å². The Hall–Kier alpha value is -2.50. The summed E-state index contributed by atoms with van der Waals surface area (Å²) in [7, 11) is -4.31. The maximum absolute atomic E-state index is 13.5. The van der Waals surface area contributed by atoms with Gasteiger partial charge in [-0.25, -0.2) is 12.8 Å². The van der Waals surface area contributed by atoms with Crippen LogP contribution in [0.4, 0.5) is 17.6 Å². The third-order valence-corrected chi connectivity index (χ3v) is 7.48. The molecule has 1 fully saturated rings. The minimum Gasteiger partial charge on any atom is -0.339 e. The fourth-order valence-electron chi connectivity index (χ4n) is 3.52. The molecule has 32 heavy (non-hydrogen) atoms. The Kier molecular flexibility index (Phi) is 5.99. The first kappa shape index (κ1) is 22.7. The van der Waals surface area contributed by atoms with E-state index < -0.39 is 38.4 Å². The number of hydrogen-bond donors (Lipinski definition) is 0. The van der Waals surface area contributed by atoms with E-state index in [0.29, 0.717) is 24.5 Å². The number of sulfonamides is 1. The van der Waals surface area contributed by atoms with E-state index in [1.165, 1.54) is 18.2 Å². The summed E-state index contributed by atoms with van der Waals surface area (Å²) >= 11 is 5.94. The normalized spacial score (nSPS) is 18.1. The van der Waals surface area contributed by atoms with E-state index in [2.05, 4.69) is 10.1 Å². The third-order valence-electron chi connectivity index (χ3n) is 5.13. The molecule has 0 aliphatic carbocycles. The van der Waals surface area contributed by atoms with E-state index in [4.69, 9.17) is 16.1 Å². The topological polar surface area (TPSA) is 76.3 Å². The van der Waals surface area contributed by atoms with Crippen molar-refractivity contribution in [2.45, 2.75) is 29.8 Å². The molecule has 0 radical (unpaired) electrons. The van der Waals surface area contributed by atoms with Crippen molar-refractivity contribution >= 4 is 21.6 Å². The first-order valence-corrected chi connectivity index (χ1v) is 11.3. The van der Waals surface area contributed by atoms with E-state index in [1.54, 1.807) is 6.07 Å². The van der Waals surface area contributed by atoms with Crippen molar-refractivity contribution in [2.24, 2.45) is 0 Å². The molecule has 2 aromatic carbocycles. The minimum absolute atomic E-state index is 0.0698. The Labute approximate surface area is 185 Å². The molecule has 2 heterocycles. The Balaban J connectivity index is 1.60. The van der Waals surface area contributed by atoms with Gasteiger partial charge in [0.1, 0.15) is 10.7 Å². The molecule has 12 heteroatoms. The van der Waals surface area contributed by atoms with Gasteiger partial charge < -0.3 is 4.52 Å². The lowest BCUT2D eigenvalue weighted by Crippen LogP contribution is -2.39. The van der Waals surface area contributed by atoms with Gasteiger partial charge in [-0.15, -0.1) is 0 Å². The molecule has 1 aromatic heterocycles. The van der Waals surface area contributed by atoms with E-state index in [1.807, 2.05) is 0 Å². The molecule has 3 aromatic rings. The number of alkyl halides is 3. The highest BCUT2D eigenvalue weighted by Gasteiger charge is 2.37. The second-order valence-electron chi connectivity index (χ2n) is 7.31. The largest absolute Gasteiger partial charge is 0.416 e. The van der Waals surface area contributed by atoms with Crippen LogP contribution in [0.2, 0.25) is 5.02 Å². The Morgan fingerprint density at radius 2 is 1.94 bits per heavy atom. The zero-order chi connectivity index (χ0) is 23.1. The van der Waals surface area contributed by atoms with Crippen molar-refractivity contribution in [1.29, 1.82) is 0 Å². The maximum Gasteiger partial charge on any atom is 0.416 e. The van der Waals surface area contributed by atoms with Gasteiger partial charge in [-0.2, -0.15) is 22.5 Å². The molecule has 1 aliphatic heterocycles. The molecule has 1 saturated heterocycles. The second-order valence-corrected chi connectivity index (χ2v) is 9.63. The van der Waals surface area contributed by atoms with Gasteiger partial charge >= 0.3 is 6.18 Å². The average Bonchev–Trinajstić information content (AvgIpc) is 3.24. The van der Waals surface area contributed by atoms with Crippen LogP contribution >= 0.6 is 11.6 Å². The number of nitrogens with zero attached hydrogens (tertiary/aromatic N) is 3. The summed E-state index contributed by atoms with van der Waals surface area (Å²) in [6, 6.07) is 7.79. The molecule has 0 bridgehead atoms. The number of hydrogen-bond acceptors (Lipinski definition) is 5. The van der Waals surface area contributed by atoms with Crippen LogP contribution in [-0.4, -0.2) is 36.0 Å². The van der Waals surface area contributed by atoms with E-state index >= 15 is 0 Å². The van der Waals surface area contributed by atoms with Crippen LogP contribution < -0.4 is 0 Å². The Morgan fingerprint density at radius 3 is 2.66 bits per heavy atom. The fraction of sp³-hybridized carbons (Fsp3) is 0.300. The average molecular weight is 490 g/mol. The van der Waals surface area contributed by atoms with Gasteiger partial charge in [0.05, 0.1) is 16.5 Å². The number of aromatic nitrogens is 2. The molecular formula is C20H16ClF4N3O3S. The van der Waals surface area contributed by atoms with E-state index in [-0.39, 0.29) is 29.8 Å². The van der Waals surface area contributed by atoms with Crippen molar-refractivity contribution in [3.63, 3.8) is 0 Å². The van der Waals surface area contributed by atoms with Crippen molar-refractivity contribution in [2.75, 3.05) is 13.1 Å². The molecule has 1 unspecified atom stereocenters. The van der Waals surface area contributed by atoms with Crippen LogP contribution in [0.1, 0.15) is 30.2 Å². The van der Waals surface area contributed by atoms with Gasteiger partial charge in [-0.3, -0.25) is 0 Å². The van der Waals surface area contributed by atoms with Gasteiger partial charge in [-0.05, 0) is 43.2 Å². The lowest BCUT2D eigenvalue weighted by atomic mass is 10.00. The van der Waals surface area contributed by atoms with Crippen LogP contribution in [0.3, 0.4) is 0 Å². The standard InChI is InChI=1S/C20H16ClF4N3O3S/c21-16-7-6-14(20(23,24)25)10-17(16)32(29,30)28-8-2-4-13(11-28)19-26-18(27-31-19)12-3-1-5-15(22)9-12/h1,3,5-7,9-10,13H,2,4,8,11H2. The van der Waals surface area contributed by atoms with E-state index in [0.717, 1.165) is 16.4 Å². The molecule has 0 N–H and O–H groups in total. The number of piperidine rings is 1. The third kappa shape index (κ3) is 4.50. The first-order chi connectivity index (χ1) is 15.1. The highest BCUT2D eigenvalue weighted by Crippen LogP contribution is 2.36. The molecule has 0 spiro atoms. The van der Waals surface area contributed by atoms with Crippen LogP contribution in [0.5, 0.6) is 0 Å². The molecule has 1 atom stereocenters. The van der Waals surface area contributed by atoms with Gasteiger partial charge in [-0.1, -0.05) is 28.9 Å². The summed E-state index contributed by atoms with van der Waals surface area (Å²) in [6.45, 7) is 0.0377. The predicted octanol–water partition coefficient (Wildman–Crippen LogP) is 5.12. The molecule has 6 nitrogen and oxygen atoms in total. The van der Waals surface area contributed by atoms with Crippen molar-refractivity contribution in [3.05, 3.63) is 64.8 Å². The lowest BCUT2D eigenvalue weighted by molar-refractivity contribution is -0.137. The smallest absolute Gasteiger partial charge is 0.339 e. The van der Waals surface area contributed by atoms with Crippen LogP contribution in [0.25, 0.3) is 11.4 Å². The SMILES string of the molecule is O=S(=O)(c1cc(C(F)(F)F)ccc1Cl)N1CCCC(c2nc(-c3cccc(F)c3)no2)C1. The van der Waals surface area contributed by atoms with Crippen molar-refractivity contribution in [3.8, 4) is 11.4 Å². The number of halogens is 5. The van der Waals surface area contributed by atoms with Crippen LogP contribution in [0, 0.1) is 5.82 Å². The van der Waals surface area contributed by atoms with Gasteiger partial charge in [0.15, 0.2) is 0 Å². The minimum atomic E-state index is -4.71. The summed E-state index contributed by atoms with van der Waals surface area (Å²) in [6.07, 6.45) is -3.75. The summed E-state index contributed by atoms with van der Waals surface area (Å²) in [5, 5.41) is 3.53. The van der Waals surface area contributed by atoms with Crippen LogP contribution in [-0.2, 0) is 16.2 Å². The molecule has 4 rings (SSSR count). The second kappa shape index (κ2) is 8.45. The van der Waals surface area contributed by atoms with Gasteiger partial charge in [0, 0.05) is 18.7 Å². The maximum atomic E-state index is 13.5. The zero-order valence-corrected chi connectivity index (χ0v) is 17.9. The molecule has 170 valence electrons. The number of rotatable bonds is 4. The molecule has 0 saturated carbocycles. The van der Waals surface area contributed by atoms with Gasteiger partial charge in [0.25, 0.3) is 0 Å². The Morgan fingerprint density at radius 1 is 1.16 bits per heavy atom. The number of benzene rings is 2. The predicted molar refractivity (Wildman–Crippen MR) is 107 cm³/mol. The van der Waals surface area contributed by atoms with Crippen molar-refractivity contribution < 1.29 is 30.5 Å². The summed E-state index contributed by atoms with van der Waals surface area (Å²) in [4.78, 5) is 3.65. The summed E-state index contributed by atoms with van der Waals surface area (Å²) in [5.74, 6) is -0.626. The Bertz CT molecular complexity index is 1250.